The predicted octanol–water partition coefficient (Wildman–Crippen LogP) is 5.07. The highest BCUT2D eigenvalue weighted by molar-refractivity contribution is 6.00. The van der Waals surface area contributed by atoms with Crippen molar-refractivity contribution in [2.75, 3.05) is 10.6 Å². The lowest BCUT2D eigenvalue weighted by atomic mass is 10.0. The minimum absolute atomic E-state index is 0.0345. The zero-order chi connectivity index (χ0) is 22.7. The van der Waals surface area contributed by atoms with Gasteiger partial charge in [0.05, 0.1) is 0 Å². The maximum Gasteiger partial charge on any atom is 0.573 e. The molecular weight excluding hydrogens is 422 g/mol. The summed E-state index contributed by atoms with van der Waals surface area (Å²) >= 11 is 0. The number of alkyl halides is 6. The first-order valence-corrected chi connectivity index (χ1v) is 8.08. The van der Waals surface area contributed by atoms with E-state index in [1.54, 1.807) is 0 Å². The van der Waals surface area contributed by atoms with E-state index < -0.39 is 36.0 Å². The Kier molecular flexibility index (Phi) is 6.48. The van der Waals surface area contributed by atoms with Gasteiger partial charge in [-0.25, -0.2) is 0 Å². The molecule has 2 amide bonds. The summed E-state index contributed by atoms with van der Waals surface area (Å²) in [5.74, 6) is -2.57. The van der Waals surface area contributed by atoms with Crippen molar-refractivity contribution in [2.45, 2.75) is 26.6 Å². The van der Waals surface area contributed by atoms with Crippen molar-refractivity contribution < 1.29 is 45.4 Å². The van der Waals surface area contributed by atoms with Crippen LogP contribution in [0.3, 0.4) is 0 Å². The average molecular weight is 436 g/mol. The fourth-order valence-corrected chi connectivity index (χ4v) is 2.48. The highest BCUT2D eigenvalue weighted by atomic mass is 19.4. The molecule has 30 heavy (non-hydrogen) atoms. The average Bonchev–Trinajstić information content (AvgIpc) is 2.54. The molecule has 2 rings (SSSR count). The molecule has 162 valence electrons. The maximum atomic E-state index is 12.6. The molecule has 0 aromatic heterocycles. The van der Waals surface area contributed by atoms with E-state index in [1.807, 2.05) is 0 Å². The van der Waals surface area contributed by atoms with Gasteiger partial charge in [0.1, 0.15) is 11.5 Å². The molecule has 0 atom stereocenters. The van der Waals surface area contributed by atoms with Crippen LogP contribution in [0.4, 0.5) is 37.7 Å². The van der Waals surface area contributed by atoms with Crippen LogP contribution in [-0.4, -0.2) is 24.5 Å². The molecule has 0 saturated heterocycles. The van der Waals surface area contributed by atoms with E-state index in [9.17, 15) is 35.9 Å². The summed E-state index contributed by atoms with van der Waals surface area (Å²) in [5.41, 5.74) is -0.368. The molecule has 2 N–H and O–H groups in total. The van der Waals surface area contributed by atoms with E-state index in [0.29, 0.717) is 0 Å². The highest BCUT2D eigenvalue weighted by Gasteiger charge is 2.32. The van der Waals surface area contributed by atoms with Crippen molar-refractivity contribution in [3.05, 3.63) is 36.4 Å². The third kappa shape index (κ3) is 6.87. The second kappa shape index (κ2) is 8.51. The quantitative estimate of drug-likeness (QED) is 0.642. The maximum absolute atomic E-state index is 12.6. The Bertz CT molecular complexity index is 879. The van der Waals surface area contributed by atoms with Crippen molar-refractivity contribution >= 4 is 23.2 Å². The van der Waals surface area contributed by atoms with Gasteiger partial charge in [-0.05, 0) is 36.4 Å². The fourth-order valence-electron chi connectivity index (χ4n) is 2.48. The van der Waals surface area contributed by atoms with Crippen LogP contribution in [0.2, 0.25) is 0 Å². The van der Waals surface area contributed by atoms with Gasteiger partial charge in [0, 0.05) is 36.3 Å². The monoisotopic (exact) mass is 436 g/mol. The van der Waals surface area contributed by atoms with E-state index in [0.717, 1.165) is 50.2 Å². The Hall–Kier alpha value is -3.44. The largest absolute Gasteiger partial charge is 0.573 e. The molecule has 0 saturated carbocycles. The Morgan fingerprint density at radius 1 is 0.700 bits per heavy atom. The van der Waals surface area contributed by atoms with E-state index in [2.05, 4.69) is 20.1 Å². The topological polar surface area (TPSA) is 76.7 Å². The highest BCUT2D eigenvalue weighted by Crippen LogP contribution is 2.40. The molecule has 0 aliphatic heterocycles. The van der Waals surface area contributed by atoms with Crippen molar-refractivity contribution in [1.29, 1.82) is 0 Å². The lowest BCUT2D eigenvalue weighted by Gasteiger charge is -2.18. The molecule has 0 aliphatic carbocycles. The van der Waals surface area contributed by atoms with Gasteiger partial charge in [0.15, 0.2) is 0 Å². The summed E-state index contributed by atoms with van der Waals surface area (Å²) in [5, 5.41) is 4.72. The minimum atomic E-state index is -5.03. The van der Waals surface area contributed by atoms with Crippen LogP contribution in [-0.2, 0) is 9.59 Å². The predicted molar refractivity (Wildman–Crippen MR) is 93.9 cm³/mol. The Morgan fingerprint density at radius 3 is 1.30 bits per heavy atom. The fraction of sp³-hybridized carbons (Fsp3) is 0.222. The molecular formula is C18H14F6N2O4. The molecule has 0 bridgehead atoms. The Labute approximate surface area is 165 Å². The molecule has 0 radical (unpaired) electrons. The first-order chi connectivity index (χ1) is 13.7. The number of benzene rings is 2. The Morgan fingerprint density at radius 2 is 1.03 bits per heavy atom. The second-order valence-corrected chi connectivity index (χ2v) is 5.87. The van der Waals surface area contributed by atoms with Crippen LogP contribution in [0.5, 0.6) is 11.5 Å². The first kappa shape index (κ1) is 22.8. The van der Waals surface area contributed by atoms with Crippen LogP contribution in [0.15, 0.2) is 36.4 Å². The van der Waals surface area contributed by atoms with Gasteiger partial charge in [-0.3, -0.25) is 9.59 Å². The zero-order valence-corrected chi connectivity index (χ0v) is 15.4. The van der Waals surface area contributed by atoms with Crippen LogP contribution in [0.1, 0.15) is 13.8 Å². The van der Waals surface area contributed by atoms with Gasteiger partial charge in [-0.2, -0.15) is 0 Å². The van der Waals surface area contributed by atoms with Crippen LogP contribution in [0, 0.1) is 0 Å². The zero-order valence-electron chi connectivity index (χ0n) is 15.4. The van der Waals surface area contributed by atoms with Crippen molar-refractivity contribution in [3.8, 4) is 22.6 Å². The smallest absolute Gasteiger partial charge is 0.406 e. The first-order valence-electron chi connectivity index (χ1n) is 8.08. The van der Waals surface area contributed by atoms with Crippen molar-refractivity contribution in [2.24, 2.45) is 0 Å². The van der Waals surface area contributed by atoms with Gasteiger partial charge < -0.3 is 20.1 Å². The van der Waals surface area contributed by atoms with Gasteiger partial charge in [-0.1, -0.05) is 0 Å². The molecule has 0 spiro atoms. The summed E-state index contributed by atoms with van der Waals surface area (Å²) in [6, 6.07) is 5.69. The minimum Gasteiger partial charge on any atom is -0.406 e. The summed E-state index contributed by atoms with van der Waals surface area (Å²) in [4.78, 5) is 22.9. The van der Waals surface area contributed by atoms with E-state index in [1.165, 1.54) is 0 Å². The van der Waals surface area contributed by atoms with Gasteiger partial charge >= 0.3 is 12.7 Å². The SMILES string of the molecule is CC(=O)Nc1ccc(OC(F)(F)F)cc1-c1cc(OC(F)(F)F)ccc1NC(C)=O. The summed E-state index contributed by atoms with van der Waals surface area (Å²) in [6.07, 6.45) is -10.1. The number of halogens is 6. The number of rotatable bonds is 5. The number of nitrogens with one attached hydrogen (secondary N) is 2. The van der Waals surface area contributed by atoms with Crippen LogP contribution >= 0.6 is 0 Å². The molecule has 6 nitrogen and oxygen atoms in total. The summed E-state index contributed by atoms with van der Waals surface area (Å²) in [7, 11) is 0. The van der Waals surface area contributed by atoms with E-state index >= 15 is 0 Å². The normalized spacial score (nSPS) is 11.6. The van der Waals surface area contributed by atoms with Gasteiger partial charge in [0.2, 0.25) is 11.8 Å². The third-order valence-corrected chi connectivity index (χ3v) is 3.36. The second-order valence-electron chi connectivity index (χ2n) is 5.87. The number of carbonyl (C=O) groups excluding carboxylic acids is 2. The van der Waals surface area contributed by atoms with Crippen LogP contribution < -0.4 is 20.1 Å². The lowest BCUT2D eigenvalue weighted by Crippen LogP contribution is -2.18. The summed E-state index contributed by atoms with van der Waals surface area (Å²) < 4.78 is 83.2. The number of hydrogen-bond donors (Lipinski definition) is 2. The van der Waals surface area contributed by atoms with E-state index in [4.69, 9.17) is 0 Å². The molecule has 0 fully saturated rings. The number of ether oxygens (including phenoxy) is 2. The number of anilines is 2. The van der Waals surface area contributed by atoms with Gasteiger partial charge in [0.25, 0.3) is 0 Å². The lowest BCUT2D eigenvalue weighted by molar-refractivity contribution is -0.275. The van der Waals surface area contributed by atoms with Crippen molar-refractivity contribution in [3.63, 3.8) is 0 Å². The molecule has 0 unspecified atom stereocenters. The Balaban J connectivity index is 2.69. The number of amides is 2. The molecule has 2 aromatic carbocycles. The van der Waals surface area contributed by atoms with Crippen molar-refractivity contribution in [1.82, 2.24) is 0 Å². The third-order valence-electron chi connectivity index (χ3n) is 3.36. The molecule has 2 aromatic rings. The summed E-state index contributed by atoms with van der Waals surface area (Å²) in [6.45, 7) is 2.25. The van der Waals surface area contributed by atoms with E-state index in [-0.39, 0.29) is 22.5 Å². The standard InChI is InChI=1S/C18H14F6N2O4/c1-9(27)25-15-5-3-11(29-17(19,20)21)7-13(15)14-8-12(30-18(22,23)24)4-6-16(14)26-10(2)28/h3-8H,1-2H3,(H,25,27)(H,26,28). The van der Waals surface area contributed by atoms with Crippen LogP contribution in [0.25, 0.3) is 11.1 Å². The number of hydrogen-bond acceptors (Lipinski definition) is 4. The van der Waals surface area contributed by atoms with Gasteiger partial charge in [-0.15, -0.1) is 26.3 Å². The number of carbonyl (C=O) groups is 2. The molecule has 0 heterocycles. The molecule has 0 aliphatic rings. The molecule has 12 heteroatoms.